The maximum Gasteiger partial charge on any atom is 0.0360 e. The highest BCUT2D eigenvalue weighted by atomic mass is 14.9. The molecule has 0 saturated carbocycles. The lowest BCUT2D eigenvalue weighted by Gasteiger charge is -2.22. The van der Waals surface area contributed by atoms with E-state index in [9.17, 15) is 0 Å². The van der Waals surface area contributed by atoms with Crippen molar-refractivity contribution in [3.63, 3.8) is 0 Å². The molecule has 0 bridgehead atoms. The number of benzene rings is 1. The molecule has 1 heteroatoms. The molecule has 0 aliphatic heterocycles. The Morgan fingerprint density at radius 1 is 1.28 bits per heavy atom. The normalized spacial score (nSPS) is 12.4. The molecule has 0 heterocycles. The first kappa shape index (κ1) is 15.0. The molecule has 1 aromatic carbocycles. The van der Waals surface area contributed by atoms with Crippen LogP contribution < -0.4 is 5.32 Å². The van der Waals surface area contributed by atoms with Crippen LogP contribution in [0.1, 0.15) is 55.8 Å². The Hall–Kier alpha value is -1.08. The van der Waals surface area contributed by atoms with Crippen molar-refractivity contribution in [2.75, 3.05) is 6.54 Å². The third-order valence-corrected chi connectivity index (χ3v) is 3.43. The molecule has 1 unspecified atom stereocenters. The molecular weight excluding hydrogens is 218 g/mol. The largest absolute Gasteiger partial charge is 0.310 e. The quantitative estimate of drug-likeness (QED) is 0.687. The van der Waals surface area contributed by atoms with E-state index in [-0.39, 0.29) is 0 Å². The van der Waals surface area contributed by atoms with E-state index in [2.05, 4.69) is 57.8 Å². The summed E-state index contributed by atoms with van der Waals surface area (Å²) < 4.78 is 0. The fourth-order valence-electron chi connectivity index (χ4n) is 2.26. The minimum atomic E-state index is 0.415. The molecule has 0 amide bonds. The predicted molar refractivity (Wildman–Crippen MR) is 81.0 cm³/mol. The van der Waals surface area contributed by atoms with E-state index < -0.39 is 0 Å². The number of rotatable bonds is 7. The smallest absolute Gasteiger partial charge is 0.0360 e. The maximum atomic E-state index is 4.15. The van der Waals surface area contributed by atoms with Crippen LogP contribution in [0.4, 0.5) is 0 Å². The van der Waals surface area contributed by atoms with Crippen molar-refractivity contribution in [1.82, 2.24) is 5.32 Å². The highest BCUT2D eigenvalue weighted by molar-refractivity contribution is 5.33. The summed E-state index contributed by atoms with van der Waals surface area (Å²) in [7, 11) is 0. The zero-order valence-corrected chi connectivity index (χ0v) is 12.3. The SMILES string of the molecule is C=C(CC)CC(NCCC)c1ccc(C)cc1C. The number of aryl methyl sites for hydroxylation is 2. The average Bonchev–Trinajstić information content (AvgIpc) is 2.34. The van der Waals surface area contributed by atoms with Gasteiger partial charge in [-0.2, -0.15) is 0 Å². The standard InChI is InChI=1S/C17H27N/c1-6-10-18-17(12-13(3)7-2)16-9-8-14(4)11-15(16)5/h8-9,11,17-18H,3,6-7,10,12H2,1-2,4-5H3. The summed E-state index contributed by atoms with van der Waals surface area (Å²) in [4.78, 5) is 0. The molecule has 0 saturated heterocycles. The molecule has 1 N–H and O–H groups in total. The lowest BCUT2D eigenvalue weighted by molar-refractivity contribution is 0.521. The predicted octanol–water partition coefficient (Wildman–Crippen LogP) is 4.70. The summed E-state index contributed by atoms with van der Waals surface area (Å²) in [6.45, 7) is 14.0. The highest BCUT2D eigenvalue weighted by Gasteiger charge is 2.13. The van der Waals surface area contributed by atoms with Gasteiger partial charge >= 0.3 is 0 Å². The van der Waals surface area contributed by atoms with Crippen LogP contribution in [0, 0.1) is 13.8 Å². The van der Waals surface area contributed by atoms with Crippen molar-refractivity contribution >= 4 is 0 Å². The second kappa shape index (κ2) is 7.38. The zero-order valence-electron chi connectivity index (χ0n) is 12.3. The second-order valence-electron chi connectivity index (χ2n) is 5.17. The molecule has 0 spiro atoms. The Balaban J connectivity index is 2.89. The van der Waals surface area contributed by atoms with Crippen LogP contribution in [-0.4, -0.2) is 6.54 Å². The van der Waals surface area contributed by atoms with Crippen LogP contribution >= 0.6 is 0 Å². The highest BCUT2D eigenvalue weighted by Crippen LogP contribution is 2.25. The zero-order chi connectivity index (χ0) is 13.5. The van der Waals surface area contributed by atoms with E-state index >= 15 is 0 Å². The molecule has 1 rings (SSSR count). The Morgan fingerprint density at radius 3 is 2.56 bits per heavy atom. The Kier molecular flexibility index (Phi) is 6.14. The Labute approximate surface area is 112 Å². The molecule has 0 fully saturated rings. The van der Waals surface area contributed by atoms with Crippen LogP contribution in [0.5, 0.6) is 0 Å². The third kappa shape index (κ3) is 4.30. The molecule has 0 radical (unpaired) electrons. The van der Waals surface area contributed by atoms with Crippen molar-refractivity contribution in [2.24, 2.45) is 0 Å². The first-order chi connectivity index (χ1) is 8.58. The summed E-state index contributed by atoms with van der Waals surface area (Å²) >= 11 is 0. The van der Waals surface area contributed by atoms with Gasteiger partial charge < -0.3 is 5.32 Å². The van der Waals surface area contributed by atoms with Gasteiger partial charge in [0, 0.05) is 6.04 Å². The van der Waals surface area contributed by atoms with Gasteiger partial charge in [-0.1, -0.05) is 49.8 Å². The van der Waals surface area contributed by atoms with Gasteiger partial charge in [-0.3, -0.25) is 0 Å². The van der Waals surface area contributed by atoms with Gasteiger partial charge in [0.2, 0.25) is 0 Å². The molecule has 1 aromatic rings. The number of nitrogens with one attached hydrogen (secondary N) is 1. The van der Waals surface area contributed by atoms with Gasteiger partial charge in [0.05, 0.1) is 0 Å². The lowest BCUT2D eigenvalue weighted by Crippen LogP contribution is -2.23. The van der Waals surface area contributed by atoms with E-state index in [4.69, 9.17) is 0 Å². The molecule has 18 heavy (non-hydrogen) atoms. The fourth-order valence-corrected chi connectivity index (χ4v) is 2.26. The van der Waals surface area contributed by atoms with Crippen molar-refractivity contribution < 1.29 is 0 Å². The molecule has 0 aliphatic carbocycles. The van der Waals surface area contributed by atoms with Gasteiger partial charge in [-0.05, 0) is 50.8 Å². The minimum Gasteiger partial charge on any atom is -0.310 e. The van der Waals surface area contributed by atoms with Crippen LogP contribution in [0.2, 0.25) is 0 Å². The first-order valence-electron chi connectivity index (χ1n) is 7.05. The van der Waals surface area contributed by atoms with Gasteiger partial charge in [-0.25, -0.2) is 0 Å². The van der Waals surface area contributed by atoms with E-state index in [1.54, 1.807) is 0 Å². The van der Waals surface area contributed by atoms with Gasteiger partial charge in [0.15, 0.2) is 0 Å². The van der Waals surface area contributed by atoms with Crippen LogP contribution in [0.3, 0.4) is 0 Å². The summed E-state index contributed by atoms with van der Waals surface area (Å²) in [5, 5.41) is 3.65. The summed E-state index contributed by atoms with van der Waals surface area (Å²) in [6, 6.07) is 7.15. The first-order valence-corrected chi connectivity index (χ1v) is 7.05. The molecule has 100 valence electrons. The molecule has 0 aromatic heterocycles. The second-order valence-corrected chi connectivity index (χ2v) is 5.17. The summed E-state index contributed by atoms with van der Waals surface area (Å²) in [5.74, 6) is 0. The van der Waals surface area contributed by atoms with E-state index in [1.807, 2.05) is 0 Å². The van der Waals surface area contributed by atoms with E-state index in [1.165, 1.54) is 28.7 Å². The molecule has 1 atom stereocenters. The minimum absolute atomic E-state index is 0.415. The third-order valence-electron chi connectivity index (χ3n) is 3.43. The molecular formula is C17H27N. The monoisotopic (exact) mass is 245 g/mol. The van der Waals surface area contributed by atoms with Crippen molar-refractivity contribution in [3.05, 3.63) is 47.0 Å². The average molecular weight is 245 g/mol. The number of hydrogen-bond acceptors (Lipinski definition) is 1. The van der Waals surface area contributed by atoms with Crippen LogP contribution in [0.15, 0.2) is 30.4 Å². The summed E-state index contributed by atoms with van der Waals surface area (Å²) in [6.07, 6.45) is 3.27. The summed E-state index contributed by atoms with van der Waals surface area (Å²) in [5.41, 5.74) is 5.46. The van der Waals surface area contributed by atoms with Gasteiger partial charge in [0.25, 0.3) is 0 Å². The van der Waals surface area contributed by atoms with Crippen LogP contribution in [-0.2, 0) is 0 Å². The topological polar surface area (TPSA) is 12.0 Å². The van der Waals surface area contributed by atoms with E-state index in [0.29, 0.717) is 6.04 Å². The van der Waals surface area contributed by atoms with E-state index in [0.717, 1.165) is 19.4 Å². The van der Waals surface area contributed by atoms with Gasteiger partial charge in [0.1, 0.15) is 0 Å². The van der Waals surface area contributed by atoms with Crippen molar-refractivity contribution in [2.45, 2.75) is 53.0 Å². The van der Waals surface area contributed by atoms with Crippen LogP contribution in [0.25, 0.3) is 0 Å². The van der Waals surface area contributed by atoms with Gasteiger partial charge in [-0.15, -0.1) is 0 Å². The Bertz CT molecular complexity index is 393. The molecule has 1 nitrogen and oxygen atoms in total. The van der Waals surface area contributed by atoms with Crippen molar-refractivity contribution in [1.29, 1.82) is 0 Å². The van der Waals surface area contributed by atoms with Crippen molar-refractivity contribution in [3.8, 4) is 0 Å². The Morgan fingerprint density at radius 2 is 2.00 bits per heavy atom. The fraction of sp³-hybridized carbons (Fsp3) is 0.529. The molecule has 0 aliphatic rings. The maximum absolute atomic E-state index is 4.15. The number of hydrogen-bond donors (Lipinski definition) is 1. The lowest BCUT2D eigenvalue weighted by atomic mass is 9.94.